The van der Waals surface area contributed by atoms with E-state index in [1.165, 1.54) is 11.3 Å². The van der Waals surface area contributed by atoms with E-state index in [1.54, 1.807) is 7.05 Å². The molecule has 0 saturated heterocycles. The molecule has 0 aliphatic carbocycles. The number of thiophene rings is 1. The predicted octanol–water partition coefficient (Wildman–Crippen LogP) is 3.26. The molecule has 0 aromatic carbocycles. The largest absolute Gasteiger partial charge is 0.459 e. The summed E-state index contributed by atoms with van der Waals surface area (Å²) in [6, 6.07) is 0. The van der Waals surface area contributed by atoms with Crippen LogP contribution in [0.3, 0.4) is 0 Å². The molecular weight excluding hydrogens is 286 g/mol. The van der Waals surface area contributed by atoms with Gasteiger partial charge in [0, 0.05) is 7.05 Å². The molecule has 0 saturated carbocycles. The highest BCUT2D eigenvalue weighted by Crippen LogP contribution is 2.34. The minimum Gasteiger partial charge on any atom is -0.459 e. The number of halogens is 1. The zero-order valence-corrected chi connectivity index (χ0v) is 12.6. The van der Waals surface area contributed by atoms with Crippen molar-refractivity contribution in [1.82, 2.24) is 9.97 Å². The van der Waals surface area contributed by atoms with Crippen molar-refractivity contribution in [2.45, 2.75) is 26.9 Å². The summed E-state index contributed by atoms with van der Waals surface area (Å²) < 4.78 is 5.22. The van der Waals surface area contributed by atoms with Crippen LogP contribution >= 0.6 is 22.9 Å². The topological polar surface area (TPSA) is 64.1 Å². The predicted molar refractivity (Wildman–Crippen MR) is 77.3 cm³/mol. The van der Waals surface area contributed by atoms with Gasteiger partial charge in [0.1, 0.15) is 15.5 Å². The summed E-state index contributed by atoms with van der Waals surface area (Å²) in [5, 5.41) is 3.93. The SMILES string of the molecule is CNc1nc(Cl)nc2sc(C(=O)OC(C)C)c(C)c12. The minimum atomic E-state index is -0.339. The van der Waals surface area contributed by atoms with Crippen LogP contribution in [0.25, 0.3) is 10.2 Å². The van der Waals surface area contributed by atoms with Crippen LogP contribution in [0, 0.1) is 6.92 Å². The van der Waals surface area contributed by atoms with Gasteiger partial charge in [-0.15, -0.1) is 11.3 Å². The van der Waals surface area contributed by atoms with Crippen LogP contribution in [0.5, 0.6) is 0 Å². The Kier molecular flexibility index (Phi) is 3.91. The van der Waals surface area contributed by atoms with E-state index >= 15 is 0 Å². The van der Waals surface area contributed by atoms with E-state index in [1.807, 2.05) is 20.8 Å². The van der Waals surface area contributed by atoms with Gasteiger partial charge in [-0.1, -0.05) is 0 Å². The molecular formula is C12H14ClN3O2S. The Bertz CT molecular complexity index is 639. The number of esters is 1. The van der Waals surface area contributed by atoms with Gasteiger partial charge in [-0.05, 0) is 37.9 Å². The first kappa shape index (κ1) is 14.0. The van der Waals surface area contributed by atoms with Gasteiger partial charge in [0.05, 0.1) is 11.5 Å². The Morgan fingerprint density at radius 2 is 2.11 bits per heavy atom. The molecule has 1 N–H and O–H groups in total. The summed E-state index contributed by atoms with van der Waals surface area (Å²) in [6.45, 7) is 5.49. The molecule has 0 bridgehead atoms. The molecule has 0 aliphatic rings. The molecule has 0 fully saturated rings. The molecule has 2 aromatic rings. The summed E-state index contributed by atoms with van der Waals surface area (Å²) in [4.78, 5) is 21.5. The Balaban J connectivity index is 2.59. The summed E-state index contributed by atoms with van der Waals surface area (Å²) in [7, 11) is 1.75. The summed E-state index contributed by atoms with van der Waals surface area (Å²) in [5.41, 5.74) is 0.812. The Hall–Kier alpha value is -1.40. The van der Waals surface area contributed by atoms with E-state index in [-0.39, 0.29) is 17.4 Å². The molecule has 0 spiro atoms. The maximum atomic E-state index is 12.0. The number of carbonyl (C=O) groups is 1. The van der Waals surface area contributed by atoms with E-state index in [0.717, 1.165) is 10.9 Å². The number of aromatic nitrogens is 2. The average molecular weight is 300 g/mol. The number of aryl methyl sites for hydroxylation is 1. The number of anilines is 1. The summed E-state index contributed by atoms with van der Waals surface area (Å²) >= 11 is 7.12. The Morgan fingerprint density at radius 1 is 1.42 bits per heavy atom. The third-order valence-electron chi connectivity index (χ3n) is 2.53. The first-order valence-electron chi connectivity index (χ1n) is 5.79. The van der Waals surface area contributed by atoms with Gasteiger partial charge in [-0.25, -0.2) is 14.8 Å². The second kappa shape index (κ2) is 5.30. The first-order valence-corrected chi connectivity index (χ1v) is 6.98. The highest BCUT2D eigenvalue weighted by atomic mass is 35.5. The van der Waals surface area contributed by atoms with Crippen LogP contribution in [0.2, 0.25) is 5.28 Å². The normalized spacial score (nSPS) is 11.1. The average Bonchev–Trinajstić information content (AvgIpc) is 2.64. The van der Waals surface area contributed by atoms with Gasteiger partial charge in [-0.3, -0.25) is 0 Å². The van der Waals surface area contributed by atoms with Gasteiger partial charge < -0.3 is 10.1 Å². The van der Waals surface area contributed by atoms with Crippen molar-refractivity contribution >= 4 is 44.9 Å². The van der Waals surface area contributed by atoms with E-state index in [4.69, 9.17) is 16.3 Å². The Morgan fingerprint density at radius 3 is 2.68 bits per heavy atom. The van der Waals surface area contributed by atoms with Gasteiger partial charge >= 0.3 is 5.97 Å². The summed E-state index contributed by atoms with van der Waals surface area (Å²) in [5.74, 6) is 0.279. The summed E-state index contributed by atoms with van der Waals surface area (Å²) in [6.07, 6.45) is -0.157. The molecule has 7 heteroatoms. The maximum Gasteiger partial charge on any atom is 0.348 e. The third-order valence-corrected chi connectivity index (χ3v) is 3.86. The van der Waals surface area contributed by atoms with Crippen LogP contribution in [-0.2, 0) is 4.74 Å². The van der Waals surface area contributed by atoms with E-state index in [9.17, 15) is 4.79 Å². The van der Waals surface area contributed by atoms with Crippen LogP contribution in [-0.4, -0.2) is 29.1 Å². The smallest absolute Gasteiger partial charge is 0.348 e. The van der Waals surface area contributed by atoms with E-state index in [2.05, 4.69) is 15.3 Å². The van der Waals surface area contributed by atoms with Crippen molar-refractivity contribution in [2.24, 2.45) is 0 Å². The number of ether oxygens (including phenoxy) is 1. The highest BCUT2D eigenvalue weighted by Gasteiger charge is 2.21. The van der Waals surface area contributed by atoms with Crippen LogP contribution in [0.1, 0.15) is 29.1 Å². The molecule has 19 heavy (non-hydrogen) atoms. The zero-order valence-electron chi connectivity index (χ0n) is 11.1. The van der Waals surface area contributed by atoms with Crippen molar-refractivity contribution in [2.75, 3.05) is 12.4 Å². The van der Waals surface area contributed by atoms with Crippen LogP contribution < -0.4 is 5.32 Å². The number of fused-ring (bicyclic) bond motifs is 1. The minimum absolute atomic E-state index is 0.155. The molecule has 102 valence electrons. The number of hydrogen-bond donors (Lipinski definition) is 1. The first-order chi connectivity index (χ1) is 8.93. The molecule has 0 unspecified atom stereocenters. The van der Waals surface area contributed by atoms with Crippen molar-refractivity contribution in [3.63, 3.8) is 0 Å². The maximum absolute atomic E-state index is 12.0. The zero-order chi connectivity index (χ0) is 14.2. The Labute approximate surface area is 120 Å². The van der Waals surface area contributed by atoms with Gasteiger partial charge in [0.2, 0.25) is 5.28 Å². The van der Waals surface area contributed by atoms with E-state index in [0.29, 0.717) is 15.5 Å². The molecule has 2 aromatic heterocycles. The molecule has 5 nitrogen and oxygen atoms in total. The van der Waals surface area contributed by atoms with Gasteiger partial charge in [-0.2, -0.15) is 0 Å². The molecule has 2 rings (SSSR count). The standard InChI is InChI=1S/C12H14ClN3O2S/c1-5(2)18-11(17)8-6(3)7-9(14-4)15-12(13)16-10(7)19-8/h5H,1-4H3,(H,14,15,16). The lowest BCUT2D eigenvalue weighted by molar-refractivity contribution is 0.0383. The fourth-order valence-corrected chi connectivity index (χ4v) is 3.04. The molecule has 0 amide bonds. The van der Waals surface area contributed by atoms with Crippen molar-refractivity contribution in [3.05, 3.63) is 15.7 Å². The third kappa shape index (κ3) is 2.64. The van der Waals surface area contributed by atoms with Crippen molar-refractivity contribution < 1.29 is 9.53 Å². The molecule has 0 aliphatic heterocycles. The van der Waals surface area contributed by atoms with Crippen molar-refractivity contribution in [3.8, 4) is 0 Å². The molecule has 2 heterocycles. The molecule has 0 radical (unpaired) electrons. The van der Waals surface area contributed by atoms with Gasteiger partial charge in [0.25, 0.3) is 0 Å². The van der Waals surface area contributed by atoms with Crippen molar-refractivity contribution in [1.29, 1.82) is 0 Å². The quantitative estimate of drug-likeness (QED) is 0.696. The number of nitrogens with one attached hydrogen (secondary N) is 1. The molecule has 0 atom stereocenters. The van der Waals surface area contributed by atoms with Crippen LogP contribution in [0.15, 0.2) is 0 Å². The van der Waals surface area contributed by atoms with Gasteiger partial charge in [0.15, 0.2) is 0 Å². The number of hydrogen-bond acceptors (Lipinski definition) is 6. The fraction of sp³-hybridized carbons (Fsp3) is 0.417. The fourth-order valence-electron chi connectivity index (χ4n) is 1.76. The number of nitrogens with zero attached hydrogens (tertiary/aromatic N) is 2. The number of rotatable bonds is 3. The number of carbonyl (C=O) groups excluding carboxylic acids is 1. The lowest BCUT2D eigenvalue weighted by Gasteiger charge is -2.06. The van der Waals surface area contributed by atoms with Crippen LogP contribution in [0.4, 0.5) is 5.82 Å². The lowest BCUT2D eigenvalue weighted by Crippen LogP contribution is -2.11. The highest BCUT2D eigenvalue weighted by molar-refractivity contribution is 7.20. The monoisotopic (exact) mass is 299 g/mol. The van der Waals surface area contributed by atoms with E-state index < -0.39 is 0 Å². The lowest BCUT2D eigenvalue weighted by atomic mass is 10.2. The second-order valence-electron chi connectivity index (χ2n) is 4.28. The second-order valence-corrected chi connectivity index (χ2v) is 5.62.